The van der Waals surface area contributed by atoms with Gasteiger partial charge in [-0.3, -0.25) is 9.47 Å². The van der Waals surface area contributed by atoms with E-state index < -0.39 is 0 Å². The maximum atomic E-state index is 5.64. The lowest BCUT2D eigenvalue weighted by molar-refractivity contribution is 0.147. The number of aryl methyl sites for hydroxylation is 1. The summed E-state index contributed by atoms with van der Waals surface area (Å²) in [5, 5.41) is 13.0. The predicted octanol–water partition coefficient (Wildman–Crippen LogP) is 2.32. The Labute approximate surface area is 171 Å². The highest BCUT2D eigenvalue weighted by Gasteiger charge is 2.28. The van der Waals surface area contributed by atoms with E-state index in [1.807, 2.05) is 6.92 Å². The number of piperazine rings is 1. The fourth-order valence-electron chi connectivity index (χ4n) is 3.99. The number of anilines is 1. The highest BCUT2D eigenvalue weighted by atomic mass is 16.5. The molecule has 4 rings (SSSR count). The summed E-state index contributed by atoms with van der Waals surface area (Å²) in [6, 6.07) is 0.118. The van der Waals surface area contributed by atoms with E-state index in [2.05, 4.69) is 61.6 Å². The molecule has 0 aromatic carbocycles. The topological polar surface area (TPSA) is 85.3 Å². The molecule has 0 radical (unpaired) electrons. The van der Waals surface area contributed by atoms with E-state index in [9.17, 15) is 0 Å². The Morgan fingerprint density at radius 3 is 2.52 bits per heavy atom. The molecule has 9 heteroatoms. The van der Waals surface area contributed by atoms with Gasteiger partial charge < -0.3 is 14.2 Å². The van der Waals surface area contributed by atoms with Crippen molar-refractivity contribution in [3.8, 4) is 0 Å². The first-order valence-corrected chi connectivity index (χ1v) is 10.5. The van der Waals surface area contributed by atoms with Gasteiger partial charge in [-0.05, 0) is 25.8 Å². The molecule has 0 N–H and O–H groups in total. The number of rotatable bonds is 6. The third-order valence-electron chi connectivity index (χ3n) is 5.67. The monoisotopic (exact) mass is 401 g/mol. The van der Waals surface area contributed by atoms with Gasteiger partial charge in [0.05, 0.1) is 25.8 Å². The number of aromatic nitrogens is 5. The highest BCUT2D eigenvalue weighted by Crippen LogP contribution is 2.25. The largest absolute Gasteiger partial charge is 0.377 e. The molecule has 0 saturated carbocycles. The van der Waals surface area contributed by atoms with Gasteiger partial charge in [-0.2, -0.15) is 4.98 Å². The van der Waals surface area contributed by atoms with Gasteiger partial charge >= 0.3 is 0 Å². The quantitative estimate of drug-likeness (QED) is 0.682. The molecule has 0 bridgehead atoms. The van der Waals surface area contributed by atoms with Crippen molar-refractivity contribution in [3.63, 3.8) is 0 Å². The fourth-order valence-corrected chi connectivity index (χ4v) is 3.99. The van der Waals surface area contributed by atoms with Gasteiger partial charge in [-0.15, -0.1) is 10.2 Å². The Morgan fingerprint density at radius 1 is 1.10 bits per heavy atom. The molecule has 9 nitrogen and oxygen atoms in total. The van der Waals surface area contributed by atoms with Crippen molar-refractivity contribution in [2.75, 3.05) is 44.3 Å². The first-order chi connectivity index (χ1) is 14.0. The Morgan fingerprint density at radius 2 is 1.90 bits per heavy atom. The van der Waals surface area contributed by atoms with Gasteiger partial charge in [0.1, 0.15) is 5.82 Å². The van der Waals surface area contributed by atoms with Crippen LogP contribution in [0.15, 0.2) is 16.2 Å². The van der Waals surface area contributed by atoms with E-state index in [-0.39, 0.29) is 6.04 Å². The van der Waals surface area contributed by atoms with E-state index in [1.165, 1.54) is 5.57 Å². The third kappa shape index (κ3) is 4.35. The number of nitrogens with zero attached hydrogens (tertiary/aromatic N) is 7. The van der Waals surface area contributed by atoms with Crippen LogP contribution in [0.5, 0.6) is 0 Å². The van der Waals surface area contributed by atoms with Gasteiger partial charge in [-0.25, -0.2) is 0 Å². The summed E-state index contributed by atoms with van der Waals surface area (Å²) in [5.41, 5.74) is 1.30. The molecule has 0 spiro atoms. The van der Waals surface area contributed by atoms with Crippen molar-refractivity contribution in [2.24, 2.45) is 0 Å². The molecule has 2 aromatic rings. The molecule has 29 heavy (non-hydrogen) atoms. The molecule has 1 saturated heterocycles. The van der Waals surface area contributed by atoms with Gasteiger partial charge in [0.2, 0.25) is 11.8 Å². The number of ether oxygens (including phenoxy) is 1. The van der Waals surface area contributed by atoms with E-state index in [1.54, 1.807) is 0 Å². The Balaban J connectivity index is 1.47. The molecule has 2 aromatic heterocycles. The zero-order chi connectivity index (χ0) is 20.4. The molecular weight excluding hydrogens is 370 g/mol. The Bertz CT molecular complexity index is 849. The normalized spacial score (nSPS) is 19.6. The first kappa shape index (κ1) is 20.0. The second-order valence-corrected chi connectivity index (χ2v) is 8.18. The molecule has 1 fully saturated rings. The van der Waals surface area contributed by atoms with Crippen molar-refractivity contribution in [3.05, 3.63) is 29.2 Å². The van der Waals surface area contributed by atoms with Crippen LogP contribution in [0.25, 0.3) is 0 Å². The van der Waals surface area contributed by atoms with E-state index >= 15 is 0 Å². The minimum absolute atomic E-state index is 0.118. The average Bonchev–Trinajstić information content (AvgIpc) is 3.35. The van der Waals surface area contributed by atoms with Gasteiger partial charge in [0.15, 0.2) is 5.82 Å². The lowest BCUT2D eigenvalue weighted by atomic mass is 10.1. The van der Waals surface area contributed by atoms with Gasteiger partial charge in [-0.1, -0.05) is 25.1 Å². The zero-order valence-corrected chi connectivity index (χ0v) is 17.8. The smallest absolute Gasteiger partial charge is 0.243 e. The Hall–Kier alpha value is -2.26. The van der Waals surface area contributed by atoms with E-state index in [0.717, 1.165) is 57.5 Å². The standard InChI is InChI=1S/C20H31N7O2/c1-14(2)18-22-23-20(27(18)12-17-6-5-11-28-13-17)26-9-7-25(8-10-26)15(3)19-21-16(4)24-29-19/h6,14-15H,5,7-13H2,1-4H3. The van der Waals surface area contributed by atoms with Crippen molar-refractivity contribution >= 4 is 5.95 Å². The summed E-state index contributed by atoms with van der Waals surface area (Å²) in [4.78, 5) is 9.11. The van der Waals surface area contributed by atoms with Gasteiger partial charge in [0.25, 0.3) is 0 Å². The third-order valence-corrected chi connectivity index (χ3v) is 5.67. The van der Waals surface area contributed by atoms with Crippen molar-refractivity contribution in [2.45, 2.75) is 52.6 Å². The molecule has 158 valence electrons. The second-order valence-electron chi connectivity index (χ2n) is 8.18. The highest BCUT2D eigenvalue weighted by molar-refractivity contribution is 5.34. The van der Waals surface area contributed by atoms with E-state index in [0.29, 0.717) is 24.2 Å². The molecule has 1 unspecified atom stereocenters. The molecule has 2 aliphatic heterocycles. The number of hydrogen-bond donors (Lipinski definition) is 0. The molecule has 0 amide bonds. The van der Waals surface area contributed by atoms with Crippen LogP contribution < -0.4 is 4.90 Å². The molecule has 2 aliphatic rings. The van der Waals surface area contributed by atoms with Crippen LogP contribution in [-0.2, 0) is 11.3 Å². The van der Waals surface area contributed by atoms with Crippen LogP contribution >= 0.6 is 0 Å². The average molecular weight is 402 g/mol. The van der Waals surface area contributed by atoms with Crippen molar-refractivity contribution < 1.29 is 9.26 Å². The van der Waals surface area contributed by atoms with Crippen molar-refractivity contribution in [1.82, 2.24) is 29.8 Å². The summed E-state index contributed by atoms with van der Waals surface area (Å²) >= 11 is 0. The second kappa shape index (κ2) is 8.62. The van der Waals surface area contributed by atoms with E-state index in [4.69, 9.17) is 9.26 Å². The van der Waals surface area contributed by atoms with Crippen LogP contribution in [0.4, 0.5) is 5.95 Å². The fraction of sp³-hybridized carbons (Fsp3) is 0.700. The summed E-state index contributed by atoms with van der Waals surface area (Å²) < 4.78 is 13.3. The predicted molar refractivity (Wildman–Crippen MR) is 109 cm³/mol. The van der Waals surface area contributed by atoms with Crippen molar-refractivity contribution in [1.29, 1.82) is 0 Å². The van der Waals surface area contributed by atoms with Crippen LogP contribution in [0.2, 0.25) is 0 Å². The SMILES string of the molecule is Cc1noc(C(C)N2CCN(c3nnc(C(C)C)n3CC3=CCCOC3)CC2)n1. The minimum Gasteiger partial charge on any atom is -0.377 e. The van der Waals surface area contributed by atoms with Crippen LogP contribution in [0, 0.1) is 6.92 Å². The molecule has 0 aliphatic carbocycles. The lowest BCUT2D eigenvalue weighted by Crippen LogP contribution is -2.48. The first-order valence-electron chi connectivity index (χ1n) is 10.5. The van der Waals surface area contributed by atoms with Crippen LogP contribution in [0.1, 0.15) is 56.7 Å². The molecule has 4 heterocycles. The molecular formula is C20H31N7O2. The summed E-state index contributed by atoms with van der Waals surface area (Å²) in [5.74, 6) is 3.68. The minimum atomic E-state index is 0.118. The Kier molecular flexibility index (Phi) is 5.96. The summed E-state index contributed by atoms with van der Waals surface area (Å²) in [6.45, 7) is 14.2. The van der Waals surface area contributed by atoms with Crippen LogP contribution in [-0.4, -0.2) is 69.2 Å². The maximum absolute atomic E-state index is 5.64. The zero-order valence-electron chi connectivity index (χ0n) is 17.8. The lowest BCUT2D eigenvalue weighted by Gasteiger charge is -2.37. The summed E-state index contributed by atoms with van der Waals surface area (Å²) in [7, 11) is 0. The maximum Gasteiger partial charge on any atom is 0.243 e. The number of hydrogen-bond acceptors (Lipinski definition) is 8. The van der Waals surface area contributed by atoms with Gasteiger partial charge in [0, 0.05) is 32.1 Å². The summed E-state index contributed by atoms with van der Waals surface area (Å²) in [6.07, 6.45) is 3.28. The molecule has 1 atom stereocenters. The van der Waals surface area contributed by atoms with Crippen LogP contribution in [0.3, 0.4) is 0 Å².